The van der Waals surface area contributed by atoms with Crippen molar-refractivity contribution in [3.63, 3.8) is 0 Å². The van der Waals surface area contributed by atoms with Crippen LogP contribution in [-0.2, 0) is 11.2 Å². The molecular formula is C16H14BrClO3. The lowest BCUT2D eigenvalue weighted by molar-refractivity contribution is -0.138. The normalized spacial score (nSPS) is 12.0. The fourth-order valence-electron chi connectivity index (χ4n) is 2.14. The molecular weight excluding hydrogens is 356 g/mol. The minimum atomic E-state index is -0.905. The molecule has 0 amide bonds. The zero-order valence-electron chi connectivity index (χ0n) is 11.3. The Morgan fingerprint density at radius 1 is 1.33 bits per heavy atom. The maximum Gasteiger partial charge on any atom is 0.311 e. The van der Waals surface area contributed by atoms with E-state index in [4.69, 9.17) is 16.3 Å². The number of methoxy groups -OCH3 is 1. The Kier molecular flexibility index (Phi) is 5.26. The van der Waals surface area contributed by atoms with Crippen LogP contribution < -0.4 is 4.74 Å². The highest BCUT2D eigenvalue weighted by Crippen LogP contribution is 2.31. The highest BCUT2D eigenvalue weighted by molar-refractivity contribution is 9.10. The summed E-state index contributed by atoms with van der Waals surface area (Å²) in [6.45, 7) is 0. The van der Waals surface area contributed by atoms with Gasteiger partial charge in [0.1, 0.15) is 5.75 Å². The van der Waals surface area contributed by atoms with Crippen molar-refractivity contribution in [1.82, 2.24) is 0 Å². The van der Waals surface area contributed by atoms with E-state index in [0.29, 0.717) is 22.8 Å². The molecule has 0 heterocycles. The Hall–Kier alpha value is -1.52. The Labute approximate surface area is 136 Å². The summed E-state index contributed by atoms with van der Waals surface area (Å²) in [5.74, 6) is -0.920. The lowest BCUT2D eigenvalue weighted by Crippen LogP contribution is -2.15. The Morgan fingerprint density at radius 3 is 2.67 bits per heavy atom. The average molecular weight is 370 g/mol. The molecule has 1 unspecified atom stereocenters. The standard InChI is InChI=1S/C16H14BrClO3/c1-21-11-6-7-14(17)10(8-11)9-13(16(19)20)12-4-2-3-5-15(12)18/h2-8,13H,9H2,1H3,(H,19,20). The first kappa shape index (κ1) is 15.9. The van der Waals surface area contributed by atoms with Gasteiger partial charge < -0.3 is 9.84 Å². The molecule has 0 aliphatic rings. The molecule has 2 rings (SSSR count). The number of halogens is 2. The van der Waals surface area contributed by atoms with Gasteiger partial charge in [0.05, 0.1) is 13.0 Å². The van der Waals surface area contributed by atoms with E-state index >= 15 is 0 Å². The molecule has 1 N–H and O–H groups in total. The van der Waals surface area contributed by atoms with Crippen molar-refractivity contribution in [2.75, 3.05) is 7.11 Å². The molecule has 3 nitrogen and oxygen atoms in total. The predicted octanol–water partition coefficient (Wildman–Crippen LogP) is 4.52. The quantitative estimate of drug-likeness (QED) is 0.843. The lowest BCUT2D eigenvalue weighted by atomic mass is 9.92. The molecule has 0 spiro atoms. The number of rotatable bonds is 5. The van der Waals surface area contributed by atoms with Crippen LogP contribution in [0.15, 0.2) is 46.9 Å². The second-order valence-electron chi connectivity index (χ2n) is 4.57. The van der Waals surface area contributed by atoms with E-state index in [9.17, 15) is 9.90 Å². The average Bonchev–Trinajstić information content (AvgIpc) is 2.47. The van der Waals surface area contributed by atoms with Crippen LogP contribution in [0.1, 0.15) is 17.0 Å². The molecule has 5 heteroatoms. The number of aliphatic carboxylic acids is 1. The van der Waals surface area contributed by atoms with Gasteiger partial charge in [-0.2, -0.15) is 0 Å². The summed E-state index contributed by atoms with van der Waals surface area (Å²) in [6, 6.07) is 12.5. The van der Waals surface area contributed by atoms with Gasteiger partial charge >= 0.3 is 5.97 Å². The van der Waals surface area contributed by atoms with Crippen LogP contribution in [0.25, 0.3) is 0 Å². The zero-order chi connectivity index (χ0) is 15.4. The number of hydrogen-bond acceptors (Lipinski definition) is 2. The molecule has 21 heavy (non-hydrogen) atoms. The molecule has 0 aliphatic heterocycles. The number of ether oxygens (including phenoxy) is 1. The number of benzene rings is 2. The monoisotopic (exact) mass is 368 g/mol. The van der Waals surface area contributed by atoms with E-state index in [-0.39, 0.29) is 0 Å². The van der Waals surface area contributed by atoms with E-state index in [1.165, 1.54) is 0 Å². The van der Waals surface area contributed by atoms with Crippen molar-refractivity contribution < 1.29 is 14.6 Å². The first-order chi connectivity index (χ1) is 10.0. The van der Waals surface area contributed by atoms with E-state index < -0.39 is 11.9 Å². The fourth-order valence-corrected chi connectivity index (χ4v) is 2.82. The van der Waals surface area contributed by atoms with Crippen molar-refractivity contribution in [3.8, 4) is 5.75 Å². The van der Waals surface area contributed by atoms with Crippen LogP contribution in [0.2, 0.25) is 5.02 Å². The van der Waals surface area contributed by atoms with Gasteiger partial charge in [-0.25, -0.2) is 0 Å². The van der Waals surface area contributed by atoms with Gasteiger partial charge in [0.2, 0.25) is 0 Å². The van der Waals surface area contributed by atoms with E-state index in [1.54, 1.807) is 31.4 Å². The summed E-state index contributed by atoms with van der Waals surface area (Å²) in [5.41, 5.74) is 1.48. The van der Waals surface area contributed by atoms with Crippen molar-refractivity contribution in [2.45, 2.75) is 12.3 Å². The maximum atomic E-state index is 11.6. The summed E-state index contributed by atoms with van der Waals surface area (Å²) in [7, 11) is 1.58. The fraction of sp³-hybridized carbons (Fsp3) is 0.188. The molecule has 0 bridgehead atoms. The lowest BCUT2D eigenvalue weighted by Gasteiger charge is -2.16. The SMILES string of the molecule is COc1ccc(Br)c(CC(C(=O)O)c2ccccc2Cl)c1. The van der Waals surface area contributed by atoms with E-state index in [0.717, 1.165) is 10.0 Å². The van der Waals surface area contributed by atoms with Gasteiger partial charge in [0, 0.05) is 9.50 Å². The molecule has 110 valence electrons. The Balaban J connectivity index is 2.38. The minimum Gasteiger partial charge on any atom is -0.497 e. The van der Waals surface area contributed by atoms with E-state index in [2.05, 4.69) is 15.9 Å². The minimum absolute atomic E-state index is 0.330. The largest absolute Gasteiger partial charge is 0.497 e. The smallest absolute Gasteiger partial charge is 0.311 e. The first-order valence-electron chi connectivity index (χ1n) is 6.32. The van der Waals surface area contributed by atoms with Gasteiger partial charge in [0.25, 0.3) is 0 Å². The van der Waals surface area contributed by atoms with Crippen molar-refractivity contribution >= 4 is 33.5 Å². The maximum absolute atomic E-state index is 11.6. The van der Waals surface area contributed by atoms with Gasteiger partial charge in [-0.3, -0.25) is 4.79 Å². The zero-order valence-corrected chi connectivity index (χ0v) is 13.7. The van der Waals surface area contributed by atoms with Crippen LogP contribution in [-0.4, -0.2) is 18.2 Å². The Morgan fingerprint density at radius 2 is 2.05 bits per heavy atom. The number of hydrogen-bond donors (Lipinski definition) is 1. The third kappa shape index (κ3) is 3.77. The third-order valence-electron chi connectivity index (χ3n) is 3.26. The molecule has 2 aromatic carbocycles. The molecule has 0 aliphatic carbocycles. The highest BCUT2D eigenvalue weighted by atomic mass is 79.9. The third-order valence-corrected chi connectivity index (χ3v) is 4.37. The number of carboxylic acids is 1. The summed E-state index contributed by atoms with van der Waals surface area (Å²) in [5, 5.41) is 9.99. The van der Waals surface area contributed by atoms with Crippen molar-refractivity contribution in [1.29, 1.82) is 0 Å². The van der Waals surface area contributed by atoms with Gasteiger partial charge in [0.15, 0.2) is 0 Å². The number of carboxylic acid groups (broad SMARTS) is 1. The van der Waals surface area contributed by atoms with Crippen molar-refractivity contribution in [3.05, 3.63) is 63.1 Å². The molecule has 0 aromatic heterocycles. The summed E-state index contributed by atoms with van der Waals surface area (Å²) in [4.78, 5) is 11.6. The van der Waals surface area contributed by atoms with Gasteiger partial charge in [-0.05, 0) is 41.8 Å². The van der Waals surface area contributed by atoms with Crippen molar-refractivity contribution in [2.24, 2.45) is 0 Å². The predicted molar refractivity (Wildman–Crippen MR) is 86.2 cm³/mol. The second kappa shape index (κ2) is 6.96. The van der Waals surface area contributed by atoms with E-state index in [1.807, 2.05) is 18.2 Å². The first-order valence-corrected chi connectivity index (χ1v) is 7.49. The highest BCUT2D eigenvalue weighted by Gasteiger charge is 2.23. The molecule has 0 fully saturated rings. The molecule has 0 saturated heterocycles. The molecule has 0 radical (unpaired) electrons. The summed E-state index contributed by atoms with van der Waals surface area (Å²) < 4.78 is 6.04. The molecule has 0 saturated carbocycles. The van der Waals surface area contributed by atoms with Crippen LogP contribution in [0.5, 0.6) is 5.75 Å². The number of carbonyl (C=O) groups is 1. The molecule has 1 atom stereocenters. The van der Waals surface area contributed by atoms with Gasteiger partial charge in [-0.15, -0.1) is 0 Å². The van der Waals surface area contributed by atoms with Crippen LogP contribution >= 0.6 is 27.5 Å². The summed E-state index contributed by atoms with van der Waals surface area (Å²) >= 11 is 9.57. The van der Waals surface area contributed by atoms with Crippen LogP contribution in [0.4, 0.5) is 0 Å². The van der Waals surface area contributed by atoms with Crippen LogP contribution in [0, 0.1) is 0 Å². The topological polar surface area (TPSA) is 46.5 Å². The molecule has 2 aromatic rings. The van der Waals surface area contributed by atoms with Crippen LogP contribution in [0.3, 0.4) is 0 Å². The Bertz CT molecular complexity index is 658. The van der Waals surface area contributed by atoms with Gasteiger partial charge in [-0.1, -0.05) is 45.7 Å². The second-order valence-corrected chi connectivity index (χ2v) is 5.84. The summed E-state index contributed by atoms with van der Waals surface area (Å²) in [6.07, 6.45) is 0.330.